The van der Waals surface area contributed by atoms with Gasteiger partial charge < -0.3 is 10.4 Å². The summed E-state index contributed by atoms with van der Waals surface area (Å²) < 4.78 is 26.6. The van der Waals surface area contributed by atoms with Crippen molar-refractivity contribution in [1.82, 2.24) is 10.2 Å². The Balaban J connectivity index is 1.54. The van der Waals surface area contributed by atoms with Gasteiger partial charge in [-0.25, -0.2) is 8.78 Å². The second kappa shape index (κ2) is 6.90. The number of aliphatic hydroxyl groups is 1. The van der Waals surface area contributed by atoms with E-state index in [0.29, 0.717) is 11.1 Å². The van der Waals surface area contributed by atoms with Crippen molar-refractivity contribution >= 4 is 5.91 Å². The third kappa shape index (κ3) is 3.70. The molecule has 6 heteroatoms. The van der Waals surface area contributed by atoms with Crippen molar-refractivity contribution in [1.29, 1.82) is 0 Å². The molecule has 1 fully saturated rings. The summed E-state index contributed by atoms with van der Waals surface area (Å²) >= 11 is 0. The average molecular weight is 346 g/mol. The average Bonchev–Trinajstić information content (AvgIpc) is 2.58. The highest BCUT2D eigenvalue weighted by molar-refractivity contribution is 5.81. The zero-order chi connectivity index (χ0) is 18.0. The normalized spacial score (nSPS) is 17.6. The first-order valence-electron chi connectivity index (χ1n) is 8.13. The molecule has 0 saturated carbocycles. The number of rotatable bonds is 5. The Morgan fingerprint density at radius 2 is 1.84 bits per heavy atom. The van der Waals surface area contributed by atoms with Gasteiger partial charge in [0.25, 0.3) is 0 Å². The van der Waals surface area contributed by atoms with Crippen LogP contribution < -0.4 is 5.32 Å². The van der Waals surface area contributed by atoms with Crippen LogP contribution in [0.3, 0.4) is 0 Å². The van der Waals surface area contributed by atoms with Crippen LogP contribution in [0.5, 0.6) is 0 Å². The van der Waals surface area contributed by atoms with Crippen LogP contribution in [0.1, 0.15) is 18.1 Å². The molecule has 0 aromatic heterocycles. The number of nitrogens with zero attached hydrogens (tertiary/aromatic N) is 1. The first-order valence-corrected chi connectivity index (χ1v) is 8.13. The predicted octanol–water partition coefficient (Wildman–Crippen LogP) is 2.17. The molecule has 1 saturated heterocycles. The summed E-state index contributed by atoms with van der Waals surface area (Å²) in [4.78, 5) is 14.1. The zero-order valence-corrected chi connectivity index (χ0v) is 13.9. The molecular weight excluding hydrogens is 326 g/mol. The van der Waals surface area contributed by atoms with Crippen molar-refractivity contribution in [3.63, 3.8) is 0 Å². The van der Waals surface area contributed by atoms with E-state index in [1.54, 1.807) is 37.3 Å². The maximum Gasteiger partial charge on any atom is 0.237 e. The topological polar surface area (TPSA) is 52.6 Å². The molecule has 2 aromatic carbocycles. The van der Waals surface area contributed by atoms with Gasteiger partial charge in [0.2, 0.25) is 5.91 Å². The number of hydrogen-bond acceptors (Lipinski definition) is 3. The van der Waals surface area contributed by atoms with E-state index in [9.17, 15) is 18.7 Å². The molecule has 3 rings (SSSR count). The Bertz CT molecular complexity index is 758. The molecule has 0 aliphatic carbocycles. The zero-order valence-electron chi connectivity index (χ0n) is 13.9. The molecule has 25 heavy (non-hydrogen) atoms. The van der Waals surface area contributed by atoms with E-state index in [2.05, 4.69) is 5.32 Å². The summed E-state index contributed by atoms with van der Waals surface area (Å²) in [5.41, 5.74) is -0.0214. The van der Waals surface area contributed by atoms with Crippen LogP contribution in [-0.4, -0.2) is 35.0 Å². The lowest BCUT2D eigenvalue weighted by atomic mass is 9.85. The number of nitrogens with one attached hydrogen (secondary N) is 1. The van der Waals surface area contributed by atoms with Crippen molar-refractivity contribution in [3.8, 4) is 0 Å². The van der Waals surface area contributed by atoms with E-state index in [-0.39, 0.29) is 37.2 Å². The van der Waals surface area contributed by atoms with Crippen LogP contribution in [0.15, 0.2) is 48.5 Å². The van der Waals surface area contributed by atoms with Gasteiger partial charge in [0.15, 0.2) is 0 Å². The lowest BCUT2D eigenvalue weighted by Gasteiger charge is -2.49. The molecule has 1 unspecified atom stereocenters. The summed E-state index contributed by atoms with van der Waals surface area (Å²) in [6, 6.07) is 11.5. The van der Waals surface area contributed by atoms with Crippen molar-refractivity contribution in [3.05, 3.63) is 71.3 Å². The number of hydrogen-bond donors (Lipinski definition) is 2. The van der Waals surface area contributed by atoms with E-state index in [0.717, 1.165) is 0 Å². The summed E-state index contributed by atoms with van der Waals surface area (Å²) in [6.45, 7) is 2.42. The summed E-state index contributed by atoms with van der Waals surface area (Å²) in [6.07, 6.45) is 0. The monoisotopic (exact) mass is 346 g/mol. The smallest absolute Gasteiger partial charge is 0.237 e. The summed E-state index contributed by atoms with van der Waals surface area (Å²) in [5, 5.41) is 13.3. The Kier molecular flexibility index (Phi) is 4.83. The molecule has 0 radical (unpaired) electrons. The van der Waals surface area contributed by atoms with Crippen LogP contribution in [0.25, 0.3) is 0 Å². The third-order valence-electron chi connectivity index (χ3n) is 4.65. The van der Waals surface area contributed by atoms with Gasteiger partial charge >= 0.3 is 0 Å². The number of benzene rings is 2. The Labute approximate surface area is 145 Å². The first kappa shape index (κ1) is 17.5. The number of amides is 1. The van der Waals surface area contributed by atoms with Crippen molar-refractivity contribution in [2.45, 2.75) is 25.1 Å². The second-order valence-electron chi connectivity index (χ2n) is 6.43. The molecule has 1 aliphatic rings. The molecule has 2 N–H and O–H groups in total. The van der Waals surface area contributed by atoms with Crippen molar-refractivity contribution in [2.75, 3.05) is 13.1 Å². The molecule has 0 bridgehead atoms. The number of carbonyl (C=O) groups excluding carboxylic acids is 1. The lowest BCUT2D eigenvalue weighted by Crippen LogP contribution is -2.64. The third-order valence-corrected chi connectivity index (χ3v) is 4.65. The number of carbonyl (C=O) groups is 1. The molecule has 4 nitrogen and oxygen atoms in total. The van der Waals surface area contributed by atoms with Gasteiger partial charge in [-0.2, -0.15) is 0 Å². The van der Waals surface area contributed by atoms with E-state index in [1.807, 2.05) is 4.90 Å². The fourth-order valence-electron chi connectivity index (χ4n) is 2.98. The fourth-order valence-corrected chi connectivity index (χ4v) is 2.98. The number of β-amino-alcohol motifs (C(OH)–C–C–N with tert-alkyl or cyclic N) is 1. The van der Waals surface area contributed by atoms with E-state index < -0.39 is 11.6 Å². The minimum Gasteiger partial charge on any atom is -0.382 e. The predicted molar refractivity (Wildman–Crippen MR) is 89.6 cm³/mol. The van der Waals surface area contributed by atoms with Crippen LogP contribution in [-0.2, 0) is 16.9 Å². The minimum absolute atomic E-state index is 0.117. The maximum absolute atomic E-state index is 13.6. The molecule has 0 spiro atoms. The van der Waals surface area contributed by atoms with Gasteiger partial charge in [-0.15, -0.1) is 0 Å². The van der Waals surface area contributed by atoms with Gasteiger partial charge in [-0.1, -0.05) is 30.3 Å². The van der Waals surface area contributed by atoms with Crippen LogP contribution in [0.2, 0.25) is 0 Å². The highest BCUT2D eigenvalue weighted by atomic mass is 19.1. The van der Waals surface area contributed by atoms with Gasteiger partial charge in [0.1, 0.15) is 17.2 Å². The van der Waals surface area contributed by atoms with Gasteiger partial charge in [-0.05, 0) is 30.7 Å². The Morgan fingerprint density at radius 3 is 2.48 bits per heavy atom. The molecule has 1 aliphatic heterocycles. The quantitative estimate of drug-likeness (QED) is 0.872. The Hall–Kier alpha value is -2.31. The standard InChI is InChI=1S/C19H20F2N2O2/c1-13(18(24)22-10-14-4-2-3-5-17(14)21)23-11-19(25,12-23)15-6-8-16(20)9-7-15/h2-9,13,25H,10-12H2,1H3,(H,22,24). The number of halogens is 2. The summed E-state index contributed by atoms with van der Waals surface area (Å²) in [7, 11) is 0. The van der Waals surface area contributed by atoms with E-state index >= 15 is 0 Å². The van der Waals surface area contributed by atoms with Gasteiger partial charge in [0.05, 0.1) is 6.04 Å². The highest BCUT2D eigenvalue weighted by Gasteiger charge is 2.45. The van der Waals surface area contributed by atoms with Crippen LogP contribution in [0.4, 0.5) is 8.78 Å². The number of likely N-dealkylation sites (tertiary alicyclic amines) is 1. The molecule has 1 heterocycles. The molecule has 2 aromatic rings. The molecule has 132 valence electrons. The second-order valence-corrected chi connectivity index (χ2v) is 6.43. The lowest BCUT2D eigenvalue weighted by molar-refractivity contribution is -0.144. The van der Waals surface area contributed by atoms with Gasteiger partial charge in [0, 0.05) is 25.2 Å². The van der Waals surface area contributed by atoms with Gasteiger partial charge in [-0.3, -0.25) is 9.69 Å². The fraction of sp³-hybridized carbons (Fsp3) is 0.316. The van der Waals surface area contributed by atoms with E-state index in [4.69, 9.17) is 0 Å². The van der Waals surface area contributed by atoms with Crippen molar-refractivity contribution < 1.29 is 18.7 Å². The van der Waals surface area contributed by atoms with Crippen molar-refractivity contribution in [2.24, 2.45) is 0 Å². The van der Waals surface area contributed by atoms with E-state index in [1.165, 1.54) is 18.2 Å². The first-order chi connectivity index (χ1) is 11.9. The van der Waals surface area contributed by atoms with Crippen LogP contribution >= 0.6 is 0 Å². The minimum atomic E-state index is -1.08. The molecule has 1 amide bonds. The highest BCUT2D eigenvalue weighted by Crippen LogP contribution is 2.33. The van der Waals surface area contributed by atoms with Crippen LogP contribution in [0, 0.1) is 11.6 Å². The molecular formula is C19H20F2N2O2. The largest absolute Gasteiger partial charge is 0.382 e. The summed E-state index contributed by atoms with van der Waals surface area (Å²) in [5.74, 6) is -0.945. The SMILES string of the molecule is CC(C(=O)NCc1ccccc1F)N1CC(O)(c2ccc(F)cc2)C1. The molecule has 1 atom stereocenters. The Morgan fingerprint density at radius 1 is 1.20 bits per heavy atom. The maximum atomic E-state index is 13.6.